The molecule has 0 aliphatic rings. The molecule has 0 rings (SSSR count). The summed E-state index contributed by atoms with van der Waals surface area (Å²) < 4.78 is 31.4. The van der Waals surface area contributed by atoms with Gasteiger partial charge in [0.15, 0.2) is 0 Å². The maximum absolute atomic E-state index is 10.5. The molecule has 2 unspecified atom stereocenters. The van der Waals surface area contributed by atoms with Crippen LogP contribution < -0.4 is 29.6 Å². The van der Waals surface area contributed by atoms with E-state index in [1.54, 1.807) is 0 Å². The maximum Gasteiger partial charge on any atom is 1.00 e. The molecular weight excluding hydrogens is 231 g/mol. The van der Waals surface area contributed by atoms with Crippen molar-refractivity contribution in [3.8, 4) is 0 Å². The Balaban J connectivity index is 0. The van der Waals surface area contributed by atoms with Crippen LogP contribution in [0, 0.1) is 0 Å². The predicted octanol–water partition coefficient (Wildman–Crippen LogP) is -3.16. The van der Waals surface area contributed by atoms with Crippen molar-refractivity contribution in [3.05, 3.63) is 0 Å². The summed E-state index contributed by atoms with van der Waals surface area (Å²) in [6, 6.07) is 0. The molecule has 0 radical (unpaired) electrons. The van der Waals surface area contributed by atoms with Crippen LogP contribution in [-0.2, 0) is 10.1 Å². The fourth-order valence-electron chi connectivity index (χ4n) is 1.04. The minimum Gasteiger partial charge on any atom is -0.748 e. The van der Waals surface area contributed by atoms with Crippen molar-refractivity contribution in [2.45, 2.75) is 44.0 Å². The van der Waals surface area contributed by atoms with E-state index in [2.05, 4.69) is 0 Å². The van der Waals surface area contributed by atoms with E-state index in [9.17, 15) is 18.1 Å². The quantitative estimate of drug-likeness (QED) is 0.366. The summed E-state index contributed by atoms with van der Waals surface area (Å²) in [5.74, 6) is 0. The van der Waals surface area contributed by atoms with Crippen LogP contribution in [0.3, 0.4) is 0 Å². The Kier molecular flexibility index (Phi) is 10.8. The molecule has 0 heterocycles. The van der Waals surface area contributed by atoms with Gasteiger partial charge < -0.3 is 14.8 Å². The van der Waals surface area contributed by atoms with E-state index in [0.29, 0.717) is 12.8 Å². The summed E-state index contributed by atoms with van der Waals surface area (Å²) in [6.45, 7) is 1.34. The van der Waals surface area contributed by atoms with Crippen molar-refractivity contribution < 1.29 is 52.7 Å². The Labute approximate surface area is 113 Å². The zero-order valence-corrected chi connectivity index (χ0v) is 12.0. The van der Waals surface area contributed by atoms with Crippen molar-refractivity contribution in [2.75, 3.05) is 6.61 Å². The van der Waals surface area contributed by atoms with Crippen LogP contribution in [-0.4, -0.2) is 41.1 Å². The van der Waals surface area contributed by atoms with E-state index in [1.165, 1.54) is 6.92 Å². The van der Waals surface area contributed by atoms with Gasteiger partial charge in [-0.3, -0.25) is 0 Å². The van der Waals surface area contributed by atoms with Gasteiger partial charge in [-0.2, -0.15) is 0 Å². The number of aliphatic hydroxyl groups is 2. The molecule has 0 bridgehead atoms. The third kappa shape index (κ3) is 9.74. The van der Waals surface area contributed by atoms with Gasteiger partial charge in [0, 0.05) is 11.9 Å². The minimum atomic E-state index is -4.23. The van der Waals surface area contributed by atoms with E-state index in [4.69, 9.17) is 5.11 Å². The number of hydrogen-bond donors (Lipinski definition) is 2. The molecule has 2 atom stereocenters. The third-order valence-electron chi connectivity index (χ3n) is 2.09. The molecule has 0 aliphatic heterocycles. The number of rotatable bonds is 7. The van der Waals surface area contributed by atoms with Crippen LogP contribution >= 0.6 is 0 Å². The third-order valence-corrected chi connectivity index (χ3v) is 3.32. The molecule has 7 heteroatoms. The van der Waals surface area contributed by atoms with Gasteiger partial charge in [-0.05, 0) is 32.6 Å². The van der Waals surface area contributed by atoms with Gasteiger partial charge in [-0.1, -0.05) is 0 Å². The Morgan fingerprint density at radius 2 is 1.80 bits per heavy atom. The van der Waals surface area contributed by atoms with Crippen LogP contribution in [0.15, 0.2) is 0 Å². The van der Waals surface area contributed by atoms with Gasteiger partial charge in [0.25, 0.3) is 0 Å². The molecule has 0 aromatic heterocycles. The monoisotopic (exact) mass is 248 g/mol. The zero-order chi connectivity index (χ0) is 11.2. The zero-order valence-electron chi connectivity index (χ0n) is 9.22. The molecule has 0 saturated carbocycles. The molecule has 0 saturated heterocycles. The normalized spacial score (nSPS) is 15.5. The van der Waals surface area contributed by atoms with Gasteiger partial charge in [0.1, 0.15) is 0 Å². The van der Waals surface area contributed by atoms with Crippen LogP contribution in [0.4, 0.5) is 0 Å². The van der Waals surface area contributed by atoms with Crippen LogP contribution in [0.1, 0.15) is 32.6 Å². The van der Waals surface area contributed by atoms with Crippen molar-refractivity contribution in [1.29, 1.82) is 0 Å². The predicted molar refractivity (Wildman–Crippen MR) is 50.7 cm³/mol. The molecule has 5 nitrogen and oxygen atoms in total. The smallest absolute Gasteiger partial charge is 0.748 e. The molecule has 0 aliphatic carbocycles. The van der Waals surface area contributed by atoms with Crippen LogP contribution in [0.5, 0.6) is 0 Å². The van der Waals surface area contributed by atoms with Crippen LogP contribution in [0.25, 0.3) is 0 Å². The van der Waals surface area contributed by atoms with Gasteiger partial charge >= 0.3 is 29.6 Å². The summed E-state index contributed by atoms with van der Waals surface area (Å²) in [7, 11) is -4.23. The Morgan fingerprint density at radius 1 is 1.27 bits per heavy atom. The average molecular weight is 248 g/mol. The van der Waals surface area contributed by atoms with E-state index in [1.807, 2.05) is 0 Å². The first-order valence-corrected chi connectivity index (χ1v) is 6.08. The summed E-state index contributed by atoms with van der Waals surface area (Å²) in [5.41, 5.74) is 0. The van der Waals surface area contributed by atoms with Crippen molar-refractivity contribution in [1.82, 2.24) is 0 Å². The van der Waals surface area contributed by atoms with Gasteiger partial charge in [0.2, 0.25) is 0 Å². The molecule has 15 heavy (non-hydrogen) atoms. The Morgan fingerprint density at radius 3 is 2.20 bits per heavy atom. The SMILES string of the molecule is CC(CCC(O)CCCO)S(=O)(=O)[O-].[Na+]. The Bertz CT molecular complexity index is 241. The fraction of sp³-hybridized carbons (Fsp3) is 1.00. The minimum absolute atomic E-state index is 0. The molecular formula is C8H17NaO5S. The second-order valence-electron chi connectivity index (χ2n) is 3.40. The summed E-state index contributed by atoms with van der Waals surface area (Å²) in [5, 5.41) is 16.8. The second-order valence-corrected chi connectivity index (χ2v) is 5.19. The van der Waals surface area contributed by atoms with Gasteiger partial charge in [-0.15, -0.1) is 0 Å². The molecule has 0 aromatic carbocycles. The first-order chi connectivity index (χ1) is 6.38. The molecule has 0 spiro atoms. The fourth-order valence-corrected chi connectivity index (χ4v) is 1.47. The van der Waals surface area contributed by atoms with Crippen molar-refractivity contribution in [3.63, 3.8) is 0 Å². The maximum atomic E-state index is 10.5. The van der Waals surface area contributed by atoms with Gasteiger partial charge in [0.05, 0.1) is 16.2 Å². The van der Waals surface area contributed by atoms with E-state index < -0.39 is 21.5 Å². The summed E-state index contributed by atoms with van der Waals surface area (Å²) in [4.78, 5) is 0. The van der Waals surface area contributed by atoms with E-state index in [0.717, 1.165) is 0 Å². The van der Waals surface area contributed by atoms with E-state index >= 15 is 0 Å². The first kappa shape index (κ1) is 18.2. The molecule has 2 N–H and O–H groups in total. The number of aliphatic hydroxyl groups excluding tert-OH is 2. The Hall–Kier alpha value is 0.830. The molecule has 0 amide bonds. The number of hydrogen-bond acceptors (Lipinski definition) is 5. The summed E-state index contributed by atoms with van der Waals surface area (Å²) >= 11 is 0. The molecule has 0 aromatic rings. The molecule has 0 fully saturated rings. The topological polar surface area (TPSA) is 97.7 Å². The van der Waals surface area contributed by atoms with Crippen molar-refractivity contribution >= 4 is 10.1 Å². The summed E-state index contributed by atoms with van der Waals surface area (Å²) in [6.07, 6.45) is 0.731. The average Bonchev–Trinajstić information content (AvgIpc) is 2.09. The standard InChI is InChI=1S/C8H18O5S.Na/c1-7(14(11,12)13)4-5-8(10)3-2-6-9;/h7-10H,2-6H2,1H3,(H,11,12,13);/q;+1/p-1. The largest absolute Gasteiger partial charge is 1.00 e. The first-order valence-electron chi connectivity index (χ1n) is 4.61. The second kappa shape index (κ2) is 8.92. The van der Waals surface area contributed by atoms with Crippen LogP contribution in [0.2, 0.25) is 0 Å². The van der Waals surface area contributed by atoms with E-state index in [-0.39, 0.29) is 49.0 Å². The van der Waals surface area contributed by atoms with Crippen molar-refractivity contribution in [2.24, 2.45) is 0 Å². The van der Waals surface area contributed by atoms with Gasteiger partial charge in [-0.25, -0.2) is 8.42 Å². The molecule has 86 valence electrons.